The molecule has 6 nitrogen and oxygen atoms in total. The number of hydrogen-bond donors (Lipinski definition) is 0. The lowest BCUT2D eigenvalue weighted by molar-refractivity contribution is -0.552. The second-order valence-electron chi connectivity index (χ2n) is 13.0. The van der Waals surface area contributed by atoms with E-state index in [0.717, 1.165) is 64.2 Å². The maximum atomic E-state index is 6.47. The normalized spacial score (nSPS) is 32.4. The lowest BCUT2D eigenvalue weighted by atomic mass is 9.97. The molecule has 3 saturated carbocycles. The van der Waals surface area contributed by atoms with Crippen molar-refractivity contribution in [1.82, 2.24) is 0 Å². The molecular weight excluding hydrogens is 496 g/mol. The van der Waals surface area contributed by atoms with Gasteiger partial charge in [-0.2, -0.15) is 9.78 Å². The molecular formula is C31H58O6Si. The summed E-state index contributed by atoms with van der Waals surface area (Å²) < 4.78 is 12.9. The van der Waals surface area contributed by atoms with Gasteiger partial charge in [-0.1, -0.05) is 109 Å². The van der Waals surface area contributed by atoms with Gasteiger partial charge in [-0.15, -0.1) is 0 Å². The Morgan fingerprint density at radius 3 is 1.03 bits per heavy atom. The van der Waals surface area contributed by atoms with Crippen LogP contribution < -0.4 is 0 Å². The van der Waals surface area contributed by atoms with E-state index in [0.29, 0.717) is 5.54 Å². The molecule has 0 aromatic heterocycles. The largest absolute Gasteiger partial charge is 0.410 e. The van der Waals surface area contributed by atoms with Gasteiger partial charge in [0.2, 0.25) is 11.6 Å². The molecule has 1 heterocycles. The van der Waals surface area contributed by atoms with E-state index >= 15 is 0 Å². The SMILES string of the molecule is C[Si]1(C2CCCCC2)OOC2(CCCCCCCCCCC2)OOC2(CCCCCCCCCCC2)OO1. The van der Waals surface area contributed by atoms with Gasteiger partial charge in [-0.25, -0.2) is 18.9 Å². The van der Waals surface area contributed by atoms with E-state index in [-0.39, 0.29) is 0 Å². The van der Waals surface area contributed by atoms with Crippen LogP contribution in [0.25, 0.3) is 0 Å². The van der Waals surface area contributed by atoms with Crippen molar-refractivity contribution in [2.24, 2.45) is 0 Å². The van der Waals surface area contributed by atoms with Crippen molar-refractivity contribution < 1.29 is 28.7 Å². The van der Waals surface area contributed by atoms with E-state index in [4.69, 9.17) is 28.7 Å². The summed E-state index contributed by atoms with van der Waals surface area (Å²) in [7, 11) is -2.81. The van der Waals surface area contributed by atoms with Gasteiger partial charge in [-0.3, -0.25) is 0 Å². The first-order chi connectivity index (χ1) is 18.6. The van der Waals surface area contributed by atoms with Crippen molar-refractivity contribution in [3.63, 3.8) is 0 Å². The summed E-state index contributed by atoms with van der Waals surface area (Å²) >= 11 is 0. The van der Waals surface area contributed by atoms with Crippen LogP contribution in [-0.2, 0) is 28.7 Å². The lowest BCUT2D eigenvalue weighted by Gasteiger charge is -2.36. The lowest BCUT2D eigenvalue weighted by Crippen LogP contribution is -2.48. The first-order valence-electron chi connectivity index (χ1n) is 16.7. The van der Waals surface area contributed by atoms with Gasteiger partial charge in [0.1, 0.15) is 0 Å². The van der Waals surface area contributed by atoms with Crippen LogP contribution in [0.2, 0.25) is 12.1 Å². The molecule has 0 aromatic carbocycles. The van der Waals surface area contributed by atoms with Crippen molar-refractivity contribution in [3.8, 4) is 0 Å². The minimum Gasteiger partial charge on any atom is -0.245 e. The molecule has 0 atom stereocenters. The van der Waals surface area contributed by atoms with Crippen molar-refractivity contribution in [1.29, 1.82) is 0 Å². The maximum absolute atomic E-state index is 6.47. The van der Waals surface area contributed by atoms with Gasteiger partial charge >= 0.3 is 8.56 Å². The van der Waals surface area contributed by atoms with Crippen LogP contribution in [0.1, 0.15) is 173 Å². The molecule has 0 radical (unpaired) electrons. The van der Waals surface area contributed by atoms with E-state index in [9.17, 15) is 0 Å². The third kappa shape index (κ3) is 9.81. The Hall–Kier alpha value is -0.0231. The molecule has 0 N–H and O–H groups in total. The van der Waals surface area contributed by atoms with E-state index < -0.39 is 20.1 Å². The van der Waals surface area contributed by atoms with Gasteiger partial charge in [-0.05, 0) is 45.1 Å². The monoisotopic (exact) mass is 554 g/mol. The summed E-state index contributed by atoms with van der Waals surface area (Å²) in [5, 5.41) is 0. The summed E-state index contributed by atoms with van der Waals surface area (Å²) in [6.45, 7) is 2.15. The number of rotatable bonds is 1. The molecule has 0 bridgehead atoms. The van der Waals surface area contributed by atoms with E-state index in [1.54, 1.807) is 0 Å². The summed E-state index contributed by atoms with van der Waals surface area (Å²) in [5.41, 5.74) is 0.362. The highest BCUT2D eigenvalue weighted by molar-refractivity contribution is 6.67. The van der Waals surface area contributed by atoms with Crippen molar-refractivity contribution >= 4 is 8.56 Å². The molecule has 2 spiro atoms. The van der Waals surface area contributed by atoms with Crippen LogP contribution in [0.15, 0.2) is 0 Å². The van der Waals surface area contributed by atoms with Crippen LogP contribution in [0.3, 0.4) is 0 Å². The minimum absolute atomic E-state index is 0.362. The molecule has 0 aromatic rings. The van der Waals surface area contributed by atoms with Crippen LogP contribution >= 0.6 is 0 Å². The summed E-state index contributed by atoms with van der Waals surface area (Å²) in [6, 6.07) is 0. The Labute approximate surface area is 234 Å². The fourth-order valence-electron chi connectivity index (χ4n) is 6.91. The fraction of sp³-hybridized carbons (Fsp3) is 1.00. The third-order valence-corrected chi connectivity index (χ3v) is 12.5. The molecule has 4 fully saturated rings. The van der Waals surface area contributed by atoms with E-state index in [1.165, 1.54) is 109 Å². The first-order valence-corrected chi connectivity index (χ1v) is 19.1. The molecule has 0 amide bonds. The van der Waals surface area contributed by atoms with Gasteiger partial charge in [0.05, 0.1) is 0 Å². The second kappa shape index (κ2) is 16.4. The summed E-state index contributed by atoms with van der Waals surface area (Å²) in [4.78, 5) is 25.8. The molecule has 1 aliphatic heterocycles. The van der Waals surface area contributed by atoms with Crippen LogP contribution in [0.4, 0.5) is 0 Å². The van der Waals surface area contributed by atoms with Crippen molar-refractivity contribution in [2.75, 3.05) is 0 Å². The van der Waals surface area contributed by atoms with Gasteiger partial charge in [0.15, 0.2) is 0 Å². The van der Waals surface area contributed by atoms with Crippen molar-refractivity contribution in [2.45, 2.75) is 197 Å². The molecule has 0 unspecified atom stereocenters. The summed E-state index contributed by atoms with van der Waals surface area (Å²) in [5.74, 6) is -1.79. The Morgan fingerprint density at radius 2 is 0.684 bits per heavy atom. The van der Waals surface area contributed by atoms with Crippen LogP contribution in [-0.4, -0.2) is 20.1 Å². The fourth-order valence-corrected chi connectivity index (χ4v) is 9.30. The predicted octanol–water partition coefficient (Wildman–Crippen LogP) is 10.3. The smallest absolute Gasteiger partial charge is 0.245 e. The molecule has 4 aliphatic rings. The Bertz CT molecular complexity index is 574. The first kappa shape index (κ1) is 30.9. The highest BCUT2D eigenvalue weighted by Crippen LogP contribution is 2.44. The second-order valence-corrected chi connectivity index (χ2v) is 16.2. The standard InChI is InChI=1S/C31H58O6Si/c1-38(29-23-17-16-18-24-29)36-34-30(25-19-12-8-4-2-5-9-13-20-26-30)32-33-31(35-37-38)27-21-14-10-6-3-7-11-15-22-28-31/h29H,2-28H2,1H3. The molecule has 38 heavy (non-hydrogen) atoms. The molecule has 7 heteroatoms. The van der Waals surface area contributed by atoms with E-state index in [1.807, 2.05) is 0 Å². The zero-order valence-electron chi connectivity index (χ0n) is 24.6. The maximum Gasteiger partial charge on any atom is 0.410 e. The minimum atomic E-state index is -2.81. The van der Waals surface area contributed by atoms with Crippen LogP contribution in [0.5, 0.6) is 0 Å². The molecule has 3 aliphatic carbocycles. The molecule has 1 saturated heterocycles. The molecule has 222 valence electrons. The van der Waals surface area contributed by atoms with Crippen molar-refractivity contribution in [3.05, 3.63) is 0 Å². The van der Waals surface area contributed by atoms with E-state index in [2.05, 4.69) is 6.55 Å². The third-order valence-electron chi connectivity index (χ3n) is 9.64. The van der Waals surface area contributed by atoms with Gasteiger partial charge in [0.25, 0.3) is 0 Å². The Kier molecular flexibility index (Phi) is 13.4. The molecule has 4 rings (SSSR count). The highest BCUT2D eigenvalue weighted by Gasteiger charge is 2.52. The zero-order valence-corrected chi connectivity index (χ0v) is 25.6. The summed E-state index contributed by atoms with van der Waals surface area (Å²) in [6.07, 6.45) is 31.4. The predicted molar refractivity (Wildman–Crippen MR) is 152 cm³/mol. The number of hydrogen-bond acceptors (Lipinski definition) is 6. The Morgan fingerprint density at radius 1 is 0.395 bits per heavy atom. The Balaban J connectivity index is 1.57. The van der Waals surface area contributed by atoms with Gasteiger partial charge in [0, 0.05) is 31.2 Å². The quantitative estimate of drug-likeness (QED) is 0.237. The highest BCUT2D eigenvalue weighted by atomic mass is 28.4. The topological polar surface area (TPSA) is 55.4 Å². The average Bonchev–Trinajstić information content (AvgIpc) is 2.98. The average molecular weight is 555 g/mol. The van der Waals surface area contributed by atoms with Crippen LogP contribution in [0, 0.1) is 0 Å². The van der Waals surface area contributed by atoms with Gasteiger partial charge < -0.3 is 0 Å². The zero-order chi connectivity index (χ0) is 26.4.